The normalized spacial score (nSPS) is 16.4. The predicted molar refractivity (Wildman–Crippen MR) is 112 cm³/mol. The first kappa shape index (κ1) is 19.8. The molecule has 0 radical (unpaired) electrons. The number of piperazine rings is 1. The average molecular weight is 406 g/mol. The molecule has 1 aliphatic rings. The first-order valence-corrected chi connectivity index (χ1v) is 9.87. The fraction of sp³-hybridized carbons (Fsp3) is 0.261. The molecule has 1 saturated heterocycles. The van der Waals surface area contributed by atoms with E-state index >= 15 is 0 Å². The molecule has 3 aromatic rings. The molecule has 2 aromatic carbocycles. The summed E-state index contributed by atoms with van der Waals surface area (Å²) >= 11 is 0. The van der Waals surface area contributed by atoms with Gasteiger partial charge < -0.3 is 14.5 Å². The number of rotatable bonds is 4. The average Bonchev–Trinajstić information content (AvgIpc) is 2.74. The van der Waals surface area contributed by atoms with Crippen LogP contribution in [-0.4, -0.2) is 46.5 Å². The van der Waals surface area contributed by atoms with Crippen LogP contribution in [0.4, 0.5) is 10.2 Å². The highest BCUT2D eigenvalue weighted by Crippen LogP contribution is 2.25. The standard InChI is InChI=1S/C23H23FN4O2/c1-16-4-3-5-20(12-16)30-22-13-21(25-15-26-22)27-10-11-28(17(2)14-27)23(29)18-6-8-19(24)9-7-18/h3-9,12-13,15,17H,10-11,14H2,1-2H3. The zero-order valence-electron chi connectivity index (χ0n) is 17.0. The first-order valence-electron chi connectivity index (χ1n) is 9.87. The Hall–Kier alpha value is -3.48. The van der Waals surface area contributed by atoms with E-state index in [0.29, 0.717) is 31.1 Å². The number of carbonyl (C=O) groups excluding carboxylic acids is 1. The van der Waals surface area contributed by atoms with Gasteiger partial charge >= 0.3 is 0 Å². The van der Waals surface area contributed by atoms with E-state index in [1.165, 1.54) is 30.6 Å². The third-order valence-corrected chi connectivity index (χ3v) is 5.14. The molecule has 154 valence electrons. The molecular formula is C23H23FN4O2. The Morgan fingerprint density at radius 2 is 1.90 bits per heavy atom. The minimum Gasteiger partial charge on any atom is -0.439 e. The molecule has 0 saturated carbocycles. The van der Waals surface area contributed by atoms with Gasteiger partial charge in [-0.1, -0.05) is 12.1 Å². The number of aryl methyl sites for hydroxylation is 1. The van der Waals surface area contributed by atoms with Gasteiger partial charge in [-0.2, -0.15) is 0 Å². The third-order valence-electron chi connectivity index (χ3n) is 5.14. The van der Waals surface area contributed by atoms with E-state index in [0.717, 1.165) is 17.1 Å². The van der Waals surface area contributed by atoms with Crippen molar-refractivity contribution in [2.45, 2.75) is 19.9 Å². The maximum Gasteiger partial charge on any atom is 0.254 e. The zero-order valence-corrected chi connectivity index (χ0v) is 17.0. The summed E-state index contributed by atoms with van der Waals surface area (Å²) in [5.41, 5.74) is 1.60. The number of hydrogen-bond donors (Lipinski definition) is 0. The van der Waals surface area contributed by atoms with Crippen molar-refractivity contribution in [2.75, 3.05) is 24.5 Å². The molecule has 1 atom stereocenters. The maximum atomic E-state index is 13.1. The molecule has 4 rings (SSSR count). The molecular weight excluding hydrogens is 383 g/mol. The fourth-order valence-corrected chi connectivity index (χ4v) is 3.58. The van der Waals surface area contributed by atoms with Crippen molar-refractivity contribution in [1.29, 1.82) is 0 Å². The Bertz CT molecular complexity index is 1040. The second kappa shape index (κ2) is 8.49. The lowest BCUT2D eigenvalue weighted by atomic mass is 10.1. The van der Waals surface area contributed by atoms with E-state index < -0.39 is 0 Å². The van der Waals surface area contributed by atoms with Crippen LogP contribution >= 0.6 is 0 Å². The van der Waals surface area contributed by atoms with Crippen LogP contribution in [0.5, 0.6) is 11.6 Å². The molecule has 1 amide bonds. The number of aromatic nitrogens is 2. The number of halogens is 1. The molecule has 0 bridgehead atoms. The number of benzene rings is 2. The van der Waals surface area contributed by atoms with Crippen molar-refractivity contribution >= 4 is 11.7 Å². The first-order chi connectivity index (χ1) is 14.5. The van der Waals surface area contributed by atoms with Gasteiger partial charge in [-0.3, -0.25) is 4.79 Å². The summed E-state index contributed by atoms with van der Waals surface area (Å²) in [7, 11) is 0. The Labute approximate surface area is 174 Å². The molecule has 0 aliphatic carbocycles. The van der Waals surface area contributed by atoms with Crippen LogP contribution < -0.4 is 9.64 Å². The van der Waals surface area contributed by atoms with Crippen molar-refractivity contribution < 1.29 is 13.9 Å². The molecule has 6 nitrogen and oxygen atoms in total. The summed E-state index contributed by atoms with van der Waals surface area (Å²) in [4.78, 5) is 25.3. The van der Waals surface area contributed by atoms with E-state index in [-0.39, 0.29) is 17.8 Å². The van der Waals surface area contributed by atoms with Gasteiger partial charge in [0.2, 0.25) is 5.88 Å². The number of hydrogen-bond acceptors (Lipinski definition) is 5. The van der Waals surface area contributed by atoms with Crippen molar-refractivity contribution in [3.05, 3.63) is 77.9 Å². The van der Waals surface area contributed by atoms with Crippen LogP contribution in [0.3, 0.4) is 0 Å². The van der Waals surface area contributed by atoms with E-state index in [9.17, 15) is 9.18 Å². The summed E-state index contributed by atoms with van der Waals surface area (Å²) in [6, 6.07) is 15.2. The topological polar surface area (TPSA) is 58.6 Å². The van der Waals surface area contributed by atoms with Gasteiger partial charge in [-0.15, -0.1) is 0 Å². The number of ether oxygens (including phenoxy) is 1. The molecule has 0 spiro atoms. The third kappa shape index (κ3) is 4.40. The number of nitrogens with zero attached hydrogens (tertiary/aromatic N) is 4. The number of amides is 1. The molecule has 1 fully saturated rings. The van der Waals surface area contributed by atoms with Crippen LogP contribution in [0, 0.1) is 12.7 Å². The van der Waals surface area contributed by atoms with E-state index in [1.807, 2.05) is 49.1 Å². The second-order valence-electron chi connectivity index (χ2n) is 7.43. The lowest BCUT2D eigenvalue weighted by Gasteiger charge is -2.40. The van der Waals surface area contributed by atoms with Gasteiger partial charge in [-0.05, 0) is 55.8 Å². The molecule has 1 unspecified atom stereocenters. The minimum absolute atomic E-state index is 0.0209. The summed E-state index contributed by atoms with van der Waals surface area (Å²) < 4.78 is 19.0. The van der Waals surface area contributed by atoms with Gasteiger partial charge in [-0.25, -0.2) is 14.4 Å². The Balaban J connectivity index is 1.44. The summed E-state index contributed by atoms with van der Waals surface area (Å²) in [5, 5.41) is 0. The molecule has 7 heteroatoms. The molecule has 30 heavy (non-hydrogen) atoms. The molecule has 2 heterocycles. The van der Waals surface area contributed by atoms with Crippen molar-refractivity contribution in [1.82, 2.24) is 14.9 Å². The Kier molecular flexibility index (Phi) is 5.61. The Morgan fingerprint density at radius 3 is 2.63 bits per heavy atom. The van der Waals surface area contributed by atoms with Gasteiger partial charge in [0.15, 0.2) is 0 Å². The fourth-order valence-electron chi connectivity index (χ4n) is 3.58. The van der Waals surface area contributed by atoms with Gasteiger partial charge in [0.25, 0.3) is 5.91 Å². The van der Waals surface area contributed by atoms with Crippen molar-refractivity contribution in [3.63, 3.8) is 0 Å². The quantitative estimate of drug-likeness (QED) is 0.654. The van der Waals surface area contributed by atoms with Gasteiger partial charge in [0.1, 0.15) is 23.7 Å². The SMILES string of the molecule is Cc1cccc(Oc2cc(N3CCN(C(=O)c4ccc(F)cc4)C(C)C3)ncn2)c1. The van der Waals surface area contributed by atoms with Gasteiger partial charge in [0, 0.05) is 37.3 Å². The summed E-state index contributed by atoms with van der Waals surface area (Å²) in [6.45, 7) is 5.83. The van der Waals surface area contributed by atoms with E-state index in [1.54, 1.807) is 0 Å². The smallest absolute Gasteiger partial charge is 0.254 e. The summed E-state index contributed by atoms with van der Waals surface area (Å²) in [6.07, 6.45) is 1.49. The lowest BCUT2D eigenvalue weighted by Crippen LogP contribution is -2.54. The maximum absolute atomic E-state index is 13.1. The van der Waals surface area contributed by atoms with E-state index in [2.05, 4.69) is 14.9 Å². The van der Waals surface area contributed by atoms with Gasteiger partial charge in [0.05, 0.1) is 0 Å². The van der Waals surface area contributed by atoms with Crippen LogP contribution in [0.1, 0.15) is 22.8 Å². The second-order valence-corrected chi connectivity index (χ2v) is 7.43. The van der Waals surface area contributed by atoms with Crippen LogP contribution in [0.2, 0.25) is 0 Å². The van der Waals surface area contributed by atoms with Crippen molar-refractivity contribution in [3.8, 4) is 11.6 Å². The number of anilines is 1. The van der Waals surface area contributed by atoms with Crippen LogP contribution in [0.15, 0.2) is 60.9 Å². The minimum atomic E-state index is -0.350. The summed E-state index contributed by atoms with van der Waals surface area (Å²) in [5.74, 6) is 1.52. The zero-order chi connectivity index (χ0) is 21.1. The van der Waals surface area contributed by atoms with Crippen LogP contribution in [0.25, 0.3) is 0 Å². The molecule has 1 aromatic heterocycles. The highest BCUT2D eigenvalue weighted by Gasteiger charge is 2.29. The molecule has 0 N–H and O–H groups in total. The van der Waals surface area contributed by atoms with E-state index in [4.69, 9.17) is 4.74 Å². The van der Waals surface area contributed by atoms with Crippen molar-refractivity contribution in [2.24, 2.45) is 0 Å². The predicted octanol–water partition coefficient (Wildman–Crippen LogP) is 4.07. The number of carbonyl (C=O) groups is 1. The largest absolute Gasteiger partial charge is 0.439 e. The monoisotopic (exact) mass is 406 g/mol. The Morgan fingerprint density at radius 1 is 1.10 bits per heavy atom. The van der Waals surface area contributed by atoms with Crippen LogP contribution in [-0.2, 0) is 0 Å². The molecule has 1 aliphatic heterocycles. The lowest BCUT2D eigenvalue weighted by molar-refractivity contribution is 0.0673. The highest BCUT2D eigenvalue weighted by atomic mass is 19.1. The highest BCUT2D eigenvalue weighted by molar-refractivity contribution is 5.94.